The van der Waals surface area contributed by atoms with Gasteiger partial charge in [-0.15, -0.1) is 0 Å². The van der Waals surface area contributed by atoms with Gasteiger partial charge in [0.15, 0.2) is 0 Å². The van der Waals surface area contributed by atoms with Gasteiger partial charge in [0.1, 0.15) is 5.76 Å². The van der Waals surface area contributed by atoms with Crippen LogP contribution >= 0.6 is 0 Å². The average molecular weight is 242 g/mol. The van der Waals surface area contributed by atoms with Gasteiger partial charge in [0, 0.05) is 12.1 Å². The fraction of sp³-hybridized carbons (Fsp3) is 0.333. The fourth-order valence-corrected chi connectivity index (χ4v) is 2.75. The third kappa shape index (κ3) is 1.96. The Labute approximate surface area is 107 Å². The van der Waals surface area contributed by atoms with Crippen molar-refractivity contribution in [2.45, 2.75) is 31.5 Å². The van der Waals surface area contributed by atoms with Crippen molar-refractivity contribution < 1.29 is 4.42 Å². The van der Waals surface area contributed by atoms with Crippen LogP contribution in [0.1, 0.15) is 48.4 Å². The van der Waals surface area contributed by atoms with E-state index in [1.807, 2.05) is 12.1 Å². The van der Waals surface area contributed by atoms with Crippen LogP contribution in [-0.4, -0.2) is 0 Å². The van der Waals surface area contributed by atoms with Crippen LogP contribution < -0.4 is 11.1 Å². The molecule has 3 N–H and O–H groups in total. The summed E-state index contributed by atoms with van der Waals surface area (Å²) >= 11 is 0. The standard InChI is InChI=1S/C15H18N2O/c1-10(15-7-4-8-18-15)17-14-9-13(16)11-5-2-3-6-12(11)14/h2-8,10,13-14,17H,9,16H2,1H3/t10-,13?,14?/m1/s1. The molecule has 1 aromatic carbocycles. The van der Waals surface area contributed by atoms with Gasteiger partial charge in [-0.05, 0) is 36.6 Å². The van der Waals surface area contributed by atoms with Crippen LogP contribution in [0.15, 0.2) is 47.1 Å². The minimum absolute atomic E-state index is 0.141. The quantitative estimate of drug-likeness (QED) is 0.869. The molecule has 18 heavy (non-hydrogen) atoms. The van der Waals surface area contributed by atoms with Crippen molar-refractivity contribution in [2.75, 3.05) is 0 Å². The van der Waals surface area contributed by atoms with Gasteiger partial charge in [-0.3, -0.25) is 0 Å². The zero-order valence-corrected chi connectivity index (χ0v) is 10.5. The van der Waals surface area contributed by atoms with E-state index >= 15 is 0 Å². The van der Waals surface area contributed by atoms with Crippen molar-refractivity contribution in [1.82, 2.24) is 5.32 Å². The Morgan fingerprint density at radius 3 is 2.72 bits per heavy atom. The molecular weight excluding hydrogens is 224 g/mol. The summed E-state index contributed by atoms with van der Waals surface area (Å²) in [7, 11) is 0. The molecule has 0 saturated heterocycles. The number of furan rings is 1. The first-order valence-electron chi connectivity index (χ1n) is 6.39. The highest BCUT2D eigenvalue weighted by atomic mass is 16.3. The lowest BCUT2D eigenvalue weighted by Gasteiger charge is -2.18. The lowest BCUT2D eigenvalue weighted by molar-refractivity contribution is 0.383. The van der Waals surface area contributed by atoms with Gasteiger partial charge in [-0.25, -0.2) is 0 Å². The van der Waals surface area contributed by atoms with E-state index in [9.17, 15) is 0 Å². The Bertz CT molecular complexity index is 521. The van der Waals surface area contributed by atoms with Crippen molar-refractivity contribution in [3.05, 3.63) is 59.5 Å². The lowest BCUT2D eigenvalue weighted by atomic mass is 10.1. The first-order chi connectivity index (χ1) is 8.75. The molecule has 1 aliphatic carbocycles. The third-order valence-corrected chi connectivity index (χ3v) is 3.68. The van der Waals surface area contributed by atoms with Gasteiger partial charge >= 0.3 is 0 Å². The van der Waals surface area contributed by atoms with Gasteiger partial charge in [0.25, 0.3) is 0 Å². The summed E-state index contributed by atoms with van der Waals surface area (Å²) in [4.78, 5) is 0. The smallest absolute Gasteiger partial charge is 0.120 e. The molecule has 1 aliphatic rings. The number of hydrogen-bond acceptors (Lipinski definition) is 3. The molecule has 0 amide bonds. The van der Waals surface area contributed by atoms with E-state index in [0.29, 0.717) is 6.04 Å². The summed E-state index contributed by atoms with van der Waals surface area (Å²) < 4.78 is 5.43. The molecule has 2 unspecified atom stereocenters. The zero-order valence-electron chi connectivity index (χ0n) is 10.5. The Morgan fingerprint density at radius 1 is 1.22 bits per heavy atom. The van der Waals surface area contributed by atoms with Gasteiger partial charge in [0.2, 0.25) is 0 Å². The number of nitrogens with two attached hydrogens (primary N) is 1. The van der Waals surface area contributed by atoms with E-state index < -0.39 is 0 Å². The molecule has 2 aromatic rings. The van der Waals surface area contributed by atoms with Crippen LogP contribution in [0.5, 0.6) is 0 Å². The first-order valence-corrected chi connectivity index (χ1v) is 6.39. The molecule has 1 aromatic heterocycles. The van der Waals surface area contributed by atoms with E-state index in [1.54, 1.807) is 6.26 Å². The second kappa shape index (κ2) is 4.59. The highest BCUT2D eigenvalue weighted by Gasteiger charge is 2.29. The minimum atomic E-state index is 0.141. The number of benzene rings is 1. The van der Waals surface area contributed by atoms with Crippen LogP contribution in [0, 0.1) is 0 Å². The maximum absolute atomic E-state index is 6.17. The molecule has 0 spiro atoms. The van der Waals surface area contributed by atoms with E-state index in [2.05, 4.69) is 36.5 Å². The van der Waals surface area contributed by atoms with E-state index in [0.717, 1.165) is 12.2 Å². The Kier molecular flexibility index (Phi) is 2.94. The summed E-state index contributed by atoms with van der Waals surface area (Å²) in [6.45, 7) is 2.12. The summed E-state index contributed by atoms with van der Waals surface area (Å²) in [6.07, 6.45) is 2.66. The molecular formula is C15H18N2O. The molecule has 3 rings (SSSR count). The van der Waals surface area contributed by atoms with Crippen molar-refractivity contribution in [1.29, 1.82) is 0 Å². The molecule has 94 valence electrons. The third-order valence-electron chi connectivity index (χ3n) is 3.68. The Hall–Kier alpha value is -1.58. The number of rotatable bonds is 3. The lowest BCUT2D eigenvalue weighted by Crippen LogP contribution is -2.23. The SMILES string of the molecule is C[C@@H](NC1CC(N)c2ccccc21)c1ccco1. The van der Waals surface area contributed by atoms with Gasteiger partial charge in [0.05, 0.1) is 12.3 Å². The molecule has 3 heteroatoms. The second-order valence-corrected chi connectivity index (χ2v) is 4.93. The van der Waals surface area contributed by atoms with Gasteiger partial charge < -0.3 is 15.5 Å². The van der Waals surface area contributed by atoms with E-state index in [1.165, 1.54) is 11.1 Å². The van der Waals surface area contributed by atoms with Crippen LogP contribution in [-0.2, 0) is 0 Å². The van der Waals surface area contributed by atoms with Crippen molar-refractivity contribution in [3.8, 4) is 0 Å². The first kappa shape index (κ1) is 11.5. The molecule has 3 atom stereocenters. The zero-order chi connectivity index (χ0) is 12.5. The highest BCUT2D eigenvalue weighted by molar-refractivity contribution is 5.37. The largest absolute Gasteiger partial charge is 0.468 e. The van der Waals surface area contributed by atoms with Crippen molar-refractivity contribution in [3.63, 3.8) is 0 Å². The monoisotopic (exact) mass is 242 g/mol. The second-order valence-electron chi connectivity index (χ2n) is 4.93. The van der Waals surface area contributed by atoms with Gasteiger partial charge in [-0.1, -0.05) is 24.3 Å². The molecule has 1 heterocycles. The molecule has 0 saturated carbocycles. The average Bonchev–Trinajstić information content (AvgIpc) is 3.00. The van der Waals surface area contributed by atoms with Crippen molar-refractivity contribution in [2.24, 2.45) is 5.73 Å². The highest BCUT2D eigenvalue weighted by Crippen LogP contribution is 2.38. The molecule has 0 bridgehead atoms. The molecule has 0 radical (unpaired) electrons. The number of fused-ring (bicyclic) bond motifs is 1. The Morgan fingerprint density at radius 2 is 2.00 bits per heavy atom. The minimum Gasteiger partial charge on any atom is -0.468 e. The van der Waals surface area contributed by atoms with Gasteiger partial charge in [-0.2, -0.15) is 0 Å². The van der Waals surface area contributed by atoms with E-state index in [-0.39, 0.29) is 12.1 Å². The summed E-state index contributed by atoms with van der Waals surface area (Å²) in [6, 6.07) is 13.0. The summed E-state index contributed by atoms with van der Waals surface area (Å²) in [5, 5.41) is 3.59. The maximum Gasteiger partial charge on any atom is 0.120 e. The van der Waals surface area contributed by atoms with Crippen LogP contribution in [0.25, 0.3) is 0 Å². The topological polar surface area (TPSA) is 51.2 Å². The molecule has 0 aliphatic heterocycles. The fourth-order valence-electron chi connectivity index (χ4n) is 2.75. The number of hydrogen-bond donors (Lipinski definition) is 2. The molecule has 3 nitrogen and oxygen atoms in total. The van der Waals surface area contributed by atoms with Crippen molar-refractivity contribution >= 4 is 0 Å². The normalized spacial score (nSPS) is 23.9. The summed E-state index contributed by atoms with van der Waals surface area (Å²) in [5.41, 5.74) is 8.76. The van der Waals surface area contributed by atoms with E-state index in [4.69, 9.17) is 10.2 Å². The number of nitrogens with one attached hydrogen (secondary N) is 1. The van der Waals surface area contributed by atoms with Crippen LogP contribution in [0.4, 0.5) is 0 Å². The molecule has 0 fully saturated rings. The maximum atomic E-state index is 6.17. The van der Waals surface area contributed by atoms with Crippen LogP contribution in [0.3, 0.4) is 0 Å². The predicted molar refractivity (Wildman–Crippen MR) is 71.0 cm³/mol. The van der Waals surface area contributed by atoms with Crippen LogP contribution in [0.2, 0.25) is 0 Å². The summed E-state index contributed by atoms with van der Waals surface area (Å²) in [5.74, 6) is 0.966. The Balaban J connectivity index is 1.79. The predicted octanol–water partition coefficient (Wildman–Crippen LogP) is 3.08.